The molecular weight excluding hydrogens is 224 g/mol. The van der Waals surface area contributed by atoms with Gasteiger partial charge in [-0.05, 0) is 25.7 Å². The third-order valence-corrected chi connectivity index (χ3v) is 3.15. The highest BCUT2D eigenvalue weighted by molar-refractivity contribution is 5.79. The maximum absolute atomic E-state index is 11.6. The van der Waals surface area contributed by atoms with Crippen LogP contribution in [-0.2, 0) is 4.79 Å². The Hall–Kier alpha value is -1.30. The van der Waals surface area contributed by atoms with Crippen LogP contribution in [0.2, 0.25) is 0 Å². The maximum atomic E-state index is 11.6. The van der Waals surface area contributed by atoms with Gasteiger partial charge in [-0.1, -0.05) is 6.42 Å². The summed E-state index contributed by atoms with van der Waals surface area (Å²) in [6.45, 7) is 1.54. The van der Waals surface area contributed by atoms with Gasteiger partial charge in [0.15, 0.2) is 5.60 Å². The number of carboxylic acids is 1. The van der Waals surface area contributed by atoms with E-state index in [0.717, 1.165) is 19.8 Å². The molecule has 0 spiro atoms. The van der Waals surface area contributed by atoms with Gasteiger partial charge in [-0.15, -0.1) is 0 Å². The lowest BCUT2D eigenvalue weighted by Crippen LogP contribution is -2.50. The molecule has 98 valence electrons. The van der Waals surface area contributed by atoms with Crippen molar-refractivity contribution in [3.05, 3.63) is 0 Å². The summed E-state index contributed by atoms with van der Waals surface area (Å²) in [5.41, 5.74) is -1.92. The monoisotopic (exact) mass is 244 g/mol. The first-order valence-corrected chi connectivity index (χ1v) is 5.77. The molecule has 1 saturated carbocycles. The van der Waals surface area contributed by atoms with E-state index in [0.29, 0.717) is 12.5 Å². The van der Waals surface area contributed by atoms with E-state index >= 15 is 0 Å². The van der Waals surface area contributed by atoms with Gasteiger partial charge >= 0.3 is 12.0 Å². The third kappa shape index (κ3) is 3.89. The Labute approximate surface area is 101 Å². The number of rotatable bonds is 5. The van der Waals surface area contributed by atoms with E-state index in [1.54, 1.807) is 7.05 Å². The zero-order valence-corrected chi connectivity index (χ0v) is 10.3. The molecule has 0 aliphatic heterocycles. The van der Waals surface area contributed by atoms with E-state index < -0.39 is 11.6 Å². The molecule has 6 nitrogen and oxygen atoms in total. The van der Waals surface area contributed by atoms with E-state index in [4.69, 9.17) is 5.11 Å². The van der Waals surface area contributed by atoms with E-state index in [-0.39, 0.29) is 12.6 Å². The number of amides is 2. The van der Waals surface area contributed by atoms with Gasteiger partial charge in [0.2, 0.25) is 0 Å². The molecular formula is C11H20N2O4. The minimum atomic E-state index is -1.92. The van der Waals surface area contributed by atoms with Crippen LogP contribution < -0.4 is 5.32 Å². The largest absolute Gasteiger partial charge is 0.479 e. The number of aliphatic carboxylic acids is 1. The van der Waals surface area contributed by atoms with Crippen LogP contribution in [0, 0.1) is 5.92 Å². The predicted octanol–water partition coefficient (Wildman–Crippen LogP) is 0.263. The zero-order valence-electron chi connectivity index (χ0n) is 10.3. The first-order valence-electron chi connectivity index (χ1n) is 5.77. The average Bonchev–Trinajstić information content (AvgIpc) is 2.19. The van der Waals surface area contributed by atoms with Crippen LogP contribution in [0.4, 0.5) is 4.79 Å². The smallest absolute Gasteiger partial charge is 0.337 e. The predicted molar refractivity (Wildman–Crippen MR) is 61.6 cm³/mol. The second-order valence-corrected chi connectivity index (χ2v) is 4.92. The summed E-state index contributed by atoms with van der Waals surface area (Å²) < 4.78 is 0. The molecule has 1 aliphatic carbocycles. The van der Waals surface area contributed by atoms with Gasteiger partial charge in [0.25, 0.3) is 0 Å². The number of carbonyl (C=O) groups is 2. The lowest BCUT2D eigenvalue weighted by atomic mass is 9.85. The Bertz CT molecular complexity index is 300. The SMILES string of the molecule is CN(CC1CCC1)C(=O)NCC(C)(O)C(=O)O. The molecule has 0 bridgehead atoms. The normalized spacial score (nSPS) is 19.0. The molecule has 1 rings (SSSR count). The molecule has 0 aromatic heterocycles. The van der Waals surface area contributed by atoms with E-state index in [2.05, 4.69) is 5.32 Å². The van der Waals surface area contributed by atoms with Crippen molar-refractivity contribution in [3.63, 3.8) is 0 Å². The second kappa shape index (κ2) is 5.35. The topological polar surface area (TPSA) is 89.9 Å². The highest BCUT2D eigenvalue weighted by Gasteiger charge is 2.31. The fourth-order valence-electron chi connectivity index (χ4n) is 1.60. The summed E-state index contributed by atoms with van der Waals surface area (Å²) in [5, 5.41) is 20.5. The van der Waals surface area contributed by atoms with Gasteiger partial charge in [-0.3, -0.25) is 0 Å². The molecule has 0 heterocycles. The second-order valence-electron chi connectivity index (χ2n) is 4.92. The van der Waals surface area contributed by atoms with E-state index in [1.807, 2.05) is 0 Å². The van der Waals surface area contributed by atoms with Gasteiger partial charge in [-0.25, -0.2) is 9.59 Å². The van der Waals surface area contributed by atoms with Gasteiger partial charge in [0.05, 0.1) is 6.54 Å². The van der Waals surface area contributed by atoms with Crippen LogP contribution >= 0.6 is 0 Å². The first-order chi connectivity index (χ1) is 7.83. The fourth-order valence-corrected chi connectivity index (χ4v) is 1.60. The standard InChI is InChI=1S/C11H20N2O4/c1-11(17,9(14)15)7-12-10(16)13(2)6-8-4-3-5-8/h8,17H,3-7H2,1-2H3,(H,12,16)(H,14,15). The number of aliphatic hydroxyl groups is 1. The van der Waals surface area contributed by atoms with Gasteiger partial charge in [0, 0.05) is 13.6 Å². The average molecular weight is 244 g/mol. The Balaban J connectivity index is 2.30. The van der Waals surface area contributed by atoms with Crippen LogP contribution in [0.1, 0.15) is 26.2 Å². The lowest BCUT2D eigenvalue weighted by molar-refractivity contribution is -0.155. The number of carbonyl (C=O) groups excluding carboxylic acids is 1. The van der Waals surface area contributed by atoms with Gasteiger partial charge in [-0.2, -0.15) is 0 Å². The number of hydrogen-bond acceptors (Lipinski definition) is 3. The Kier molecular flexibility index (Phi) is 4.34. The van der Waals surface area contributed by atoms with Crippen molar-refractivity contribution in [2.24, 2.45) is 5.92 Å². The molecule has 0 aromatic rings. The summed E-state index contributed by atoms with van der Waals surface area (Å²) in [6.07, 6.45) is 3.50. The molecule has 1 atom stereocenters. The zero-order chi connectivity index (χ0) is 13.1. The van der Waals surface area contributed by atoms with E-state index in [9.17, 15) is 14.7 Å². The molecule has 0 radical (unpaired) electrons. The van der Waals surface area contributed by atoms with Crippen LogP contribution in [-0.4, -0.2) is 52.9 Å². The van der Waals surface area contributed by atoms with Crippen molar-refractivity contribution in [2.45, 2.75) is 31.8 Å². The Morgan fingerprint density at radius 1 is 1.47 bits per heavy atom. The molecule has 1 fully saturated rings. The van der Waals surface area contributed by atoms with E-state index in [1.165, 1.54) is 11.3 Å². The number of urea groups is 1. The van der Waals surface area contributed by atoms with Crippen molar-refractivity contribution in [2.75, 3.05) is 20.1 Å². The van der Waals surface area contributed by atoms with Crippen LogP contribution in [0.25, 0.3) is 0 Å². The van der Waals surface area contributed by atoms with Gasteiger partial charge in [0.1, 0.15) is 0 Å². The molecule has 2 amide bonds. The minimum absolute atomic E-state index is 0.295. The molecule has 1 unspecified atom stereocenters. The number of nitrogens with one attached hydrogen (secondary N) is 1. The van der Waals surface area contributed by atoms with Crippen molar-refractivity contribution in [3.8, 4) is 0 Å². The van der Waals surface area contributed by atoms with Crippen molar-refractivity contribution in [1.82, 2.24) is 10.2 Å². The maximum Gasteiger partial charge on any atom is 0.337 e. The quantitative estimate of drug-likeness (QED) is 0.647. The fraction of sp³-hybridized carbons (Fsp3) is 0.818. The van der Waals surface area contributed by atoms with Crippen LogP contribution in [0.3, 0.4) is 0 Å². The molecule has 0 saturated heterocycles. The summed E-state index contributed by atoms with van der Waals surface area (Å²) in [7, 11) is 1.67. The first kappa shape index (κ1) is 13.8. The highest BCUT2D eigenvalue weighted by Crippen LogP contribution is 2.26. The molecule has 1 aliphatic rings. The Morgan fingerprint density at radius 3 is 2.47 bits per heavy atom. The number of nitrogens with zero attached hydrogens (tertiary/aromatic N) is 1. The Morgan fingerprint density at radius 2 is 2.06 bits per heavy atom. The van der Waals surface area contributed by atoms with Crippen LogP contribution in [0.15, 0.2) is 0 Å². The molecule has 6 heteroatoms. The highest BCUT2D eigenvalue weighted by atomic mass is 16.4. The van der Waals surface area contributed by atoms with Crippen LogP contribution in [0.5, 0.6) is 0 Å². The molecule has 3 N–H and O–H groups in total. The minimum Gasteiger partial charge on any atom is -0.479 e. The summed E-state index contributed by atoms with van der Waals surface area (Å²) in [5.74, 6) is -0.787. The number of carboxylic acid groups (broad SMARTS) is 1. The van der Waals surface area contributed by atoms with Crippen molar-refractivity contribution in [1.29, 1.82) is 0 Å². The van der Waals surface area contributed by atoms with Gasteiger partial charge < -0.3 is 20.4 Å². The third-order valence-electron chi connectivity index (χ3n) is 3.15. The summed E-state index contributed by atoms with van der Waals surface area (Å²) >= 11 is 0. The summed E-state index contributed by atoms with van der Waals surface area (Å²) in [6, 6.07) is -0.349. The molecule has 17 heavy (non-hydrogen) atoms. The lowest BCUT2D eigenvalue weighted by Gasteiger charge is -2.30. The molecule has 0 aromatic carbocycles. The van der Waals surface area contributed by atoms with Crippen molar-refractivity contribution < 1.29 is 19.8 Å². The summed E-state index contributed by atoms with van der Waals surface area (Å²) in [4.78, 5) is 23.7. The number of hydrogen-bond donors (Lipinski definition) is 3. The van der Waals surface area contributed by atoms with Crippen molar-refractivity contribution >= 4 is 12.0 Å².